The summed E-state index contributed by atoms with van der Waals surface area (Å²) in [6.45, 7) is 5.74. The van der Waals surface area contributed by atoms with Crippen LogP contribution in [0.3, 0.4) is 0 Å². The fourth-order valence-electron chi connectivity index (χ4n) is 4.48. The zero-order valence-electron chi connectivity index (χ0n) is 19.7. The van der Waals surface area contributed by atoms with E-state index >= 15 is 0 Å². The average Bonchev–Trinajstić information content (AvgIpc) is 2.85. The molecular weight excluding hydrogens is 462 g/mol. The summed E-state index contributed by atoms with van der Waals surface area (Å²) in [5.41, 5.74) is 4.94. The van der Waals surface area contributed by atoms with Crippen molar-refractivity contribution in [1.82, 2.24) is 0 Å². The van der Waals surface area contributed by atoms with Crippen molar-refractivity contribution >= 4 is 17.9 Å². The van der Waals surface area contributed by atoms with Crippen LogP contribution in [0.5, 0.6) is 0 Å². The van der Waals surface area contributed by atoms with Gasteiger partial charge in [0.1, 0.15) is 0 Å². The fraction of sp³-hybridized carbons (Fsp3) is 0.111. The fourth-order valence-corrected chi connectivity index (χ4v) is 4.48. The molecule has 0 aliphatic heterocycles. The van der Waals surface area contributed by atoms with Crippen LogP contribution in [0.4, 0.5) is 0 Å². The number of carboxylic acid groups (broad SMARTS) is 3. The summed E-state index contributed by atoms with van der Waals surface area (Å²) < 4.78 is 5.36. The Labute approximate surface area is 206 Å². The van der Waals surface area contributed by atoms with Gasteiger partial charge in [0.15, 0.2) is 37.2 Å². The summed E-state index contributed by atoms with van der Waals surface area (Å²) in [5.74, 6) is -3.85. The predicted octanol–water partition coefficient (Wildman–Crippen LogP) is -1.47. The van der Waals surface area contributed by atoms with E-state index in [1.807, 2.05) is 20.8 Å². The molecule has 0 saturated heterocycles. The van der Waals surface area contributed by atoms with Crippen LogP contribution in [0.25, 0.3) is 17.1 Å². The number of pyridine rings is 3. The van der Waals surface area contributed by atoms with Crippen molar-refractivity contribution < 1.29 is 43.4 Å². The van der Waals surface area contributed by atoms with Crippen LogP contribution in [-0.2, 0) is 0 Å². The molecule has 3 aromatic heterocycles. The molecule has 0 spiro atoms. The number of nitrogens with zero attached hydrogens (tertiary/aromatic N) is 3. The molecule has 1 aromatic carbocycles. The van der Waals surface area contributed by atoms with Crippen LogP contribution in [-0.4, -0.2) is 17.9 Å². The molecule has 9 nitrogen and oxygen atoms in total. The first-order valence-electron chi connectivity index (χ1n) is 10.9. The van der Waals surface area contributed by atoms with Gasteiger partial charge in [0.2, 0.25) is 17.1 Å². The van der Waals surface area contributed by atoms with Gasteiger partial charge in [-0.1, -0.05) is 0 Å². The van der Waals surface area contributed by atoms with Crippen molar-refractivity contribution in [3.8, 4) is 17.1 Å². The van der Waals surface area contributed by atoms with Gasteiger partial charge in [-0.25, -0.2) is 0 Å². The average molecular weight is 483 g/mol. The Morgan fingerprint density at radius 1 is 0.472 bits per heavy atom. The van der Waals surface area contributed by atoms with Gasteiger partial charge in [-0.05, 0) is 20.8 Å². The van der Waals surface area contributed by atoms with Crippen LogP contribution >= 0.6 is 0 Å². The highest BCUT2D eigenvalue weighted by Gasteiger charge is 2.33. The Morgan fingerprint density at radius 3 is 0.833 bits per heavy atom. The number of carbonyl (C=O) groups excluding carboxylic acids is 3. The van der Waals surface area contributed by atoms with Crippen LogP contribution in [0.1, 0.15) is 47.8 Å². The smallest absolute Gasteiger partial charge is 0.229 e. The van der Waals surface area contributed by atoms with Crippen molar-refractivity contribution in [1.29, 1.82) is 0 Å². The van der Waals surface area contributed by atoms with E-state index in [1.54, 1.807) is 50.9 Å². The van der Waals surface area contributed by atoms with Crippen molar-refractivity contribution in [3.63, 3.8) is 0 Å². The van der Waals surface area contributed by atoms with E-state index in [-0.39, 0.29) is 16.7 Å². The Morgan fingerprint density at radius 2 is 0.667 bits per heavy atom. The highest BCUT2D eigenvalue weighted by Crippen LogP contribution is 2.28. The normalized spacial score (nSPS) is 10.8. The summed E-state index contributed by atoms with van der Waals surface area (Å²) >= 11 is 0. The molecule has 0 bridgehead atoms. The Hall–Kier alpha value is -4.92. The van der Waals surface area contributed by atoms with E-state index in [0.29, 0.717) is 0 Å². The maximum atomic E-state index is 11.2. The lowest BCUT2D eigenvalue weighted by Crippen LogP contribution is -2.42. The van der Waals surface area contributed by atoms with Gasteiger partial charge in [0, 0.05) is 53.1 Å². The second-order valence-electron chi connectivity index (χ2n) is 8.27. The van der Waals surface area contributed by atoms with Gasteiger partial charge in [-0.2, -0.15) is 13.7 Å². The molecule has 0 amide bonds. The van der Waals surface area contributed by atoms with E-state index in [2.05, 4.69) is 0 Å². The first-order chi connectivity index (χ1) is 17.1. The maximum absolute atomic E-state index is 11.2. The highest BCUT2D eigenvalue weighted by molar-refractivity contribution is 5.86. The molecule has 9 heteroatoms. The summed E-state index contributed by atoms with van der Waals surface area (Å²) in [7, 11) is 0. The SMILES string of the molecule is Cc1c(-[n+]2ccc(C(=O)[O-])cc2)c(C)c(-[n+]2ccc(C(=O)[O-])cc2)c(C)c1-[n+]1ccc(C(=O)[O-])cc1. The van der Waals surface area contributed by atoms with Gasteiger partial charge in [0.05, 0.1) is 34.6 Å². The lowest BCUT2D eigenvalue weighted by molar-refractivity contribution is -0.614. The number of aromatic carboxylic acids is 3. The number of hydrogen-bond acceptors (Lipinski definition) is 6. The Balaban J connectivity index is 2.02. The van der Waals surface area contributed by atoms with Crippen molar-refractivity contribution in [2.24, 2.45) is 0 Å². The zero-order chi connectivity index (χ0) is 26.1. The number of hydrogen-bond donors (Lipinski definition) is 0. The topological polar surface area (TPSA) is 132 Å². The molecule has 0 unspecified atom stereocenters. The summed E-state index contributed by atoms with van der Waals surface area (Å²) in [4.78, 5) is 33.7. The minimum Gasteiger partial charge on any atom is -0.545 e. The monoisotopic (exact) mass is 483 g/mol. The number of carboxylic acids is 3. The number of rotatable bonds is 6. The lowest BCUT2D eigenvalue weighted by Gasteiger charge is -2.13. The number of aromatic nitrogens is 3. The molecule has 0 fully saturated rings. The Kier molecular flexibility index (Phi) is 6.31. The van der Waals surface area contributed by atoms with Crippen LogP contribution in [0.15, 0.2) is 73.6 Å². The molecule has 4 aromatic rings. The van der Waals surface area contributed by atoms with Crippen LogP contribution in [0.2, 0.25) is 0 Å². The third kappa shape index (κ3) is 4.29. The lowest BCUT2D eigenvalue weighted by atomic mass is 9.97. The maximum Gasteiger partial charge on any atom is 0.229 e. The molecule has 0 aliphatic carbocycles. The highest BCUT2D eigenvalue weighted by atomic mass is 16.4. The first kappa shape index (κ1) is 24.2. The van der Waals surface area contributed by atoms with Crippen molar-refractivity contribution in [2.75, 3.05) is 0 Å². The van der Waals surface area contributed by atoms with Gasteiger partial charge in [-0.15, -0.1) is 0 Å². The number of benzene rings is 1. The summed E-state index contributed by atoms with van der Waals surface area (Å²) in [6.07, 6.45) is 9.73. The third-order valence-electron chi connectivity index (χ3n) is 6.10. The van der Waals surface area contributed by atoms with E-state index in [9.17, 15) is 29.7 Å². The molecular formula is C27H21N3O6. The molecule has 0 atom stereocenters. The molecule has 180 valence electrons. The second kappa shape index (κ2) is 9.38. The summed E-state index contributed by atoms with van der Waals surface area (Å²) in [5, 5.41) is 33.7. The van der Waals surface area contributed by atoms with Crippen molar-refractivity contribution in [2.45, 2.75) is 20.8 Å². The quantitative estimate of drug-likeness (QED) is 0.308. The van der Waals surface area contributed by atoms with E-state index < -0.39 is 17.9 Å². The molecule has 36 heavy (non-hydrogen) atoms. The second-order valence-corrected chi connectivity index (χ2v) is 8.27. The third-order valence-corrected chi connectivity index (χ3v) is 6.10. The van der Waals surface area contributed by atoms with Crippen LogP contribution < -0.4 is 29.0 Å². The molecule has 0 N–H and O–H groups in total. The van der Waals surface area contributed by atoms with E-state index in [0.717, 1.165) is 33.8 Å². The van der Waals surface area contributed by atoms with Crippen LogP contribution in [0, 0.1) is 20.8 Å². The Bertz CT molecular complexity index is 1300. The molecule has 4 rings (SSSR count). The largest absolute Gasteiger partial charge is 0.545 e. The predicted molar refractivity (Wildman–Crippen MR) is 118 cm³/mol. The van der Waals surface area contributed by atoms with Gasteiger partial charge < -0.3 is 29.7 Å². The van der Waals surface area contributed by atoms with E-state index in [4.69, 9.17) is 0 Å². The minimum atomic E-state index is -1.28. The minimum absolute atomic E-state index is 0.0357. The van der Waals surface area contributed by atoms with E-state index in [1.165, 1.54) is 36.4 Å². The number of carbonyl (C=O) groups is 3. The van der Waals surface area contributed by atoms with Gasteiger partial charge in [0.25, 0.3) is 0 Å². The summed E-state index contributed by atoms with van der Waals surface area (Å²) in [6, 6.07) is 8.65. The standard InChI is InChI=1S/C27H21N3O6/c1-16-22(28-10-4-19(5-11-28)25(31)32)17(2)24(30-14-8-21(9-15-30)27(35)36)18(3)23(16)29-12-6-20(7-13-29)26(33)34/h4-15H,1-3H3. The zero-order valence-corrected chi connectivity index (χ0v) is 19.7. The van der Waals surface area contributed by atoms with Gasteiger partial charge >= 0.3 is 0 Å². The molecule has 0 radical (unpaired) electrons. The molecule has 0 saturated carbocycles. The van der Waals surface area contributed by atoms with Gasteiger partial charge in [-0.3, -0.25) is 0 Å². The first-order valence-corrected chi connectivity index (χ1v) is 10.9. The molecule has 0 aliphatic rings. The molecule has 3 heterocycles. The van der Waals surface area contributed by atoms with Crippen molar-refractivity contribution in [3.05, 3.63) is 107 Å².